The highest BCUT2D eigenvalue weighted by Crippen LogP contribution is 2.17. The van der Waals surface area contributed by atoms with Crippen LogP contribution >= 0.6 is 11.6 Å². The molecule has 2 rings (SSSR count). The predicted octanol–water partition coefficient (Wildman–Crippen LogP) is 3.49. The van der Waals surface area contributed by atoms with E-state index in [9.17, 15) is 4.79 Å². The standard InChI is InChI=1S/C16H15ClN2O3/c1-3-21-11(2)13-9-18-14(15(17)19-13)16(20)22-10-12-7-5-4-6-8-12/h4-9H,2-3,10H2,1H3. The molecule has 0 fully saturated rings. The Labute approximate surface area is 133 Å². The van der Waals surface area contributed by atoms with Crippen molar-refractivity contribution in [1.82, 2.24) is 9.97 Å². The van der Waals surface area contributed by atoms with Gasteiger partial charge in [0.1, 0.15) is 18.1 Å². The average molecular weight is 319 g/mol. The number of esters is 1. The molecule has 0 radical (unpaired) electrons. The molecule has 0 saturated heterocycles. The summed E-state index contributed by atoms with van der Waals surface area (Å²) >= 11 is 5.98. The highest BCUT2D eigenvalue weighted by Gasteiger charge is 2.17. The number of halogens is 1. The van der Waals surface area contributed by atoms with Gasteiger partial charge in [0.2, 0.25) is 0 Å². The van der Waals surface area contributed by atoms with Gasteiger partial charge in [-0.05, 0) is 12.5 Å². The first kappa shape index (κ1) is 16.0. The second-order valence-electron chi connectivity index (χ2n) is 4.31. The van der Waals surface area contributed by atoms with Crippen LogP contribution < -0.4 is 0 Å². The second kappa shape index (κ2) is 7.56. The summed E-state index contributed by atoms with van der Waals surface area (Å²) < 4.78 is 10.4. The smallest absolute Gasteiger partial charge is 0.360 e. The van der Waals surface area contributed by atoms with Gasteiger partial charge in [0.25, 0.3) is 0 Å². The normalized spacial score (nSPS) is 10.1. The van der Waals surface area contributed by atoms with Crippen LogP contribution in [0.3, 0.4) is 0 Å². The van der Waals surface area contributed by atoms with Crippen LogP contribution in [0.25, 0.3) is 5.76 Å². The SMILES string of the molecule is C=C(OCC)c1cnc(C(=O)OCc2ccccc2)c(Cl)n1. The number of carbonyl (C=O) groups excluding carboxylic acids is 1. The first-order valence-corrected chi connectivity index (χ1v) is 7.05. The lowest BCUT2D eigenvalue weighted by atomic mass is 10.2. The molecule has 0 unspecified atom stereocenters. The van der Waals surface area contributed by atoms with Crippen molar-refractivity contribution in [3.63, 3.8) is 0 Å². The third kappa shape index (κ3) is 4.05. The Bertz CT molecular complexity index is 674. The summed E-state index contributed by atoms with van der Waals surface area (Å²) in [5, 5.41) is -0.0450. The number of hydrogen-bond donors (Lipinski definition) is 0. The van der Waals surface area contributed by atoms with Gasteiger partial charge in [-0.1, -0.05) is 48.5 Å². The average Bonchev–Trinajstić information content (AvgIpc) is 2.53. The fourth-order valence-electron chi connectivity index (χ4n) is 1.68. The molecule has 0 N–H and O–H groups in total. The molecule has 1 heterocycles. The molecule has 114 valence electrons. The van der Waals surface area contributed by atoms with Crippen LogP contribution in [-0.4, -0.2) is 22.5 Å². The first-order valence-electron chi connectivity index (χ1n) is 6.67. The molecular formula is C16H15ClN2O3. The van der Waals surface area contributed by atoms with Gasteiger partial charge >= 0.3 is 5.97 Å². The van der Waals surface area contributed by atoms with Gasteiger partial charge in [0.15, 0.2) is 10.8 Å². The molecule has 1 aromatic heterocycles. The van der Waals surface area contributed by atoms with Crippen LogP contribution in [0.2, 0.25) is 5.15 Å². The number of hydrogen-bond acceptors (Lipinski definition) is 5. The van der Waals surface area contributed by atoms with Crippen molar-refractivity contribution in [1.29, 1.82) is 0 Å². The van der Waals surface area contributed by atoms with E-state index in [-0.39, 0.29) is 17.5 Å². The van der Waals surface area contributed by atoms with Crippen molar-refractivity contribution >= 4 is 23.3 Å². The molecule has 6 heteroatoms. The minimum Gasteiger partial charge on any atom is -0.492 e. The fourth-order valence-corrected chi connectivity index (χ4v) is 1.89. The largest absolute Gasteiger partial charge is 0.492 e. The lowest BCUT2D eigenvalue weighted by Gasteiger charge is -2.08. The molecule has 0 amide bonds. The number of carbonyl (C=O) groups is 1. The second-order valence-corrected chi connectivity index (χ2v) is 4.67. The zero-order valence-electron chi connectivity index (χ0n) is 12.1. The first-order chi connectivity index (χ1) is 10.6. The van der Waals surface area contributed by atoms with Crippen molar-refractivity contribution in [3.05, 3.63) is 65.2 Å². The van der Waals surface area contributed by atoms with E-state index in [4.69, 9.17) is 21.1 Å². The summed E-state index contributed by atoms with van der Waals surface area (Å²) in [7, 11) is 0. The van der Waals surface area contributed by atoms with Gasteiger partial charge in [0.05, 0.1) is 12.8 Å². The number of aromatic nitrogens is 2. The maximum Gasteiger partial charge on any atom is 0.360 e. The Hall–Kier alpha value is -2.40. The van der Waals surface area contributed by atoms with Crippen LogP contribution in [0.4, 0.5) is 0 Å². The maximum atomic E-state index is 12.0. The van der Waals surface area contributed by atoms with Crippen LogP contribution in [0.5, 0.6) is 0 Å². The van der Waals surface area contributed by atoms with Gasteiger partial charge in [-0.3, -0.25) is 0 Å². The third-order valence-electron chi connectivity index (χ3n) is 2.74. The Morgan fingerprint density at radius 1 is 1.27 bits per heavy atom. The summed E-state index contributed by atoms with van der Waals surface area (Å²) in [5.74, 6) is -0.281. The van der Waals surface area contributed by atoms with Gasteiger partial charge in [-0.2, -0.15) is 0 Å². The highest BCUT2D eigenvalue weighted by molar-refractivity contribution is 6.32. The highest BCUT2D eigenvalue weighted by atomic mass is 35.5. The Morgan fingerprint density at radius 3 is 2.64 bits per heavy atom. The molecule has 22 heavy (non-hydrogen) atoms. The molecule has 1 aromatic carbocycles. The maximum absolute atomic E-state index is 12.0. The summed E-state index contributed by atoms with van der Waals surface area (Å²) in [6.45, 7) is 6.14. The van der Waals surface area contributed by atoms with Crippen LogP contribution in [0.1, 0.15) is 28.7 Å². The third-order valence-corrected chi connectivity index (χ3v) is 3.00. The van der Waals surface area contributed by atoms with E-state index < -0.39 is 5.97 Å². The lowest BCUT2D eigenvalue weighted by Crippen LogP contribution is -2.10. The Kier molecular flexibility index (Phi) is 5.49. The van der Waals surface area contributed by atoms with E-state index in [2.05, 4.69) is 16.5 Å². The van der Waals surface area contributed by atoms with Gasteiger partial charge in [-0.15, -0.1) is 0 Å². The van der Waals surface area contributed by atoms with E-state index in [0.717, 1.165) is 5.56 Å². The van der Waals surface area contributed by atoms with Crippen LogP contribution in [0.15, 0.2) is 43.1 Å². The molecule has 0 atom stereocenters. The van der Waals surface area contributed by atoms with Gasteiger partial charge < -0.3 is 9.47 Å². The molecule has 0 saturated carbocycles. The quantitative estimate of drug-likeness (QED) is 0.602. The Balaban J connectivity index is 2.05. The topological polar surface area (TPSA) is 61.3 Å². The van der Waals surface area contributed by atoms with E-state index in [1.807, 2.05) is 37.3 Å². The van der Waals surface area contributed by atoms with Crippen molar-refractivity contribution in [3.8, 4) is 0 Å². The van der Waals surface area contributed by atoms with Gasteiger partial charge in [0, 0.05) is 0 Å². The summed E-state index contributed by atoms with van der Waals surface area (Å²) in [6, 6.07) is 9.33. The molecule has 0 aliphatic rings. The zero-order chi connectivity index (χ0) is 15.9. The summed E-state index contributed by atoms with van der Waals surface area (Å²) in [4.78, 5) is 20.0. The molecule has 0 bridgehead atoms. The zero-order valence-corrected chi connectivity index (χ0v) is 12.8. The molecule has 0 spiro atoms. The number of rotatable bonds is 6. The van der Waals surface area contributed by atoms with Gasteiger partial charge in [-0.25, -0.2) is 14.8 Å². The summed E-state index contributed by atoms with van der Waals surface area (Å²) in [5.41, 5.74) is 1.22. The van der Waals surface area contributed by atoms with E-state index >= 15 is 0 Å². The molecule has 0 aliphatic heterocycles. The minimum atomic E-state index is -0.630. The summed E-state index contributed by atoms with van der Waals surface area (Å²) in [6.07, 6.45) is 1.38. The van der Waals surface area contributed by atoms with E-state index in [1.54, 1.807) is 0 Å². The van der Waals surface area contributed by atoms with E-state index in [0.29, 0.717) is 18.1 Å². The molecular weight excluding hydrogens is 304 g/mol. The number of benzene rings is 1. The molecule has 0 aliphatic carbocycles. The van der Waals surface area contributed by atoms with Crippen molar-refractivity contribution in [2.24, 2.45) is 0 Å². The van der Waals surface area contributed by atoms with Crippen molar-refractivity contribution in [2.45, 2.75) is 13.5 Å². The van der Waals surface area contributed by atoms with E-state index in [1.165, 1.54) is 6.20 Å². The number of nitrogens with zero attached hydrogens (tertiary/aromatic N) is 2. The minimum absolute atomic E-state index is 0.0364. The number of ether oxygens (including phenoxy) is 2. The molecule has 2 aromatic rings. The van der Waals surface area contributed by atoms with Crippen LogP contribution in [0, 0.1) is 0 Å². The van der Waals surface area contributed by atoms with Crippen molar-refractivity contribution in [2.75, 3.05) is 6.61 Å². The lowest BCUT2D eigenvalue weighted by molar-refractivity contribution is 0.0465. The monoisotopic (exact) mass is 318 g/mol. The molecule has 5 nitrogen and oxygen atoms in total. The predicted molar refractivity (Wildman–Crippen MR) is 83.3 cm³/mol. The van der Waals surface area contributed by atoms with Crippen molar-refractivity contribution < 1.29 is 14.3 Å². The Morgan fingerprint density at radius 2 is 2.00 bits per heavy atom. The fraction of sp³-hybridized carbons (Fsp3) is 0.188. The van der Waals surface area contributed by atoms with Crippen LogP contribution in [-0.2, 0) is 16.1 Å².